The summed E-state index contributed by atoms with van der Waals surface area (Å²) < 4.78 is 0. The summed E-state index contributed by atoms with van der Waals surface area (Å²) in [7, 11) is 0. The van der Waals surface area contributed by atoms with Crippen molar-refractivity contribution in [1.29, 1.82) is 0 Å². The van der Waals surface area contributed by atoms with Crippen LogP contribution >= 0.6 is 0 Å². The first-order chi connectivity index (χ1) is 8.27. The van der Waals surface area contributed by atoms with Crippen molar-refractivity contribution in [3.05, 3.63) is 24.0 Å². The largest absolute Gasteiger partial charge is 0.505 e. The summed E-state index contributed by atoms with van der Waals surface area (Å²) in [6.07, 6.45) is 6.01. The highest BCUT2D eigenvalue weighted by atomic mass is 16.3. The molecule has 2 heterocycles. The summed E-state index contributed by atoms with van der Waals surface area (Å²) in [5.41, 5.74) is 0.282. The average molecular weight is 235 g/mol. The smallest absolute Gasteiger partial charge is 0.255 e. The van der Waals surface area contributed by atoms with Crippen LogP contribution in [0, 0.1) is 0 Å². The maximum Gasteiger partial charge on any atom is 0.255 e. The van der Waals surface area contributed by atoms with Gasteiger partial charge in [-0.05, 0) is 25.5 Å². The molecule has 0 saturated carbocycles. The Morgan fingerprint density at radius 1 is 1.53 bits per heavy atom. The number of rotatable bonds is 2. The van der Waals surface area contributed by atoms with E-state index in [4.69, 9.17) is 0 Å². The van der Waals surface area contributed by atoms with E-state index in [1.54, 1.807) is 0 Å². The molecule has 2 rings (SSSR count). The maximum atomic E-state index is 11.9. The molecule has 0 radical (unpaired) electrons. The van der Waals surface area contributed by atoms with Crippen molar-refractivity contribution in [3.63, 3.8) is 0 Å². The second kappa shape index (κ2) is 5.63. The molecule has 0 aliphatic carbocycles. The van der Waals surface area contributed by atoms with Crippen LogP contribution in [-0.2, 0) is 0 Å². The number of hydrogen-bond acceptors (Lipinski definition) is 4. The van der Waals surface area contributed by atoms with Crippen molar-refractivity contribution in [2.24, 2.45) is 0 Å². The third-order valence-electron chi connectivity index (χ3n) is 2.93. The molecule has 0 spiro atoms. The zero-order valence-electron chi connectivity index (χ0n) is 9.65. The molecular weight excluding hydrogens is 218 g/mol. The lowest BCUT2D eigenvalue weighted by molar-refractivity contribution is 0.0932. The van der Waals surface area contributed by atoms with Crippen molar-refractivity contribution >= 4 is 5.91 Å². The van der Waals surface area contributed by atoms with Crippen LogP contribution in [0.1, 0.15) is 29.6 Å². The maximum absolute atomic E-state index is 11.9. The number of aromatic hydroxyl groups is 1. The lowest BCUT2D eigenvalue weighted by atomic mass is 10.1. The zero-order chi connectivity index (χ0) is 12.1. The molecule has 92 valence electrons. The number of carbonyl (C=O) groups is 1. The van der Waals surface area contributed by atoms with Gasteiger partial charge in [-0.1, -0.05) is 6.42 Å². The lowest BCUT2D eigenvalue weighted by Crippen LogP contribution is -2.40. The second-order valence-electron chi connectivity index (χ2n) is 4.26. The third kappa shape index (κ3) is 3.17. The average Bonchev–Trinajstić information content (AvgIpc) is 2.58. The summed E-state index contributed by atoms with van der Waals surface area (Å²) in [4.78, 5) is 15.7. The minimum Gasteiger partial charge on any atom is -0.505 e. The van der Waals surface area contributed by atoms with Gasteiger partial charge in [-0.25, -0.2) is 0 Å². The molecule has 1 fully saturated rings. The van der Waals surface area contributed by atoms with Gasteiger partial charge in [0.25, 0.3) is 5.91 Å². The molecule has 1 amide bonds. The molecule has 1 saturated heterocycles. The van der Waals surface area contributed by atoms with Gasteiger partial charge < -0.3 is 15.7 Å². The lowest BCUT2D eigenvalue weighted by Gasteiger charge is -2.16. The van der Waals surface area contributed by atoms with Crippen molar-refractivity contribution in [2.75, 3.05) is 13.1 Å². The highest BCUT2D eigenvalue weighted by molar-refractivity contribution is 5.96. The van der Waals surface area contributed by atoms with E-state index in [1.807, 2.05) is 0 Å². The Morgan fingerprint density at radius 3 is 3.24 bits per heavy atom. The monoisotopic (exact) mass is 235 g/mol. The summed E-state index contributed by atoms with van der Waals surface area (Å²) in [6, 6.07) is 1.66. The van der Waals surface area contributed by atoms with Gasteiger partial charge in [-0.15, -0.1) is 0 Å². The van der Waals surface area contributed by atoms with Crippen LogP contribution in [0.3, 0.4) is 0 Å². The van der Waals surface area contributed by atoms with E-state index in [1.165, 1.54) is 18.5 Å². The van der Waals surface area contributed by atoms with Gasteiger partial charge in [0.15, 0.2) is 0 Å². The standard InChI is InChI=1S/C12H17N3O2/c16-11-8-14-6-4-10(11)12(17)15-9-3-1-2-5-13-7-9/h4,6,8-9,13,16H,1-3,5,7H2,(H,15,17). The first kappa shape index (κ1) is 11.9. The molecule has 1 aromatic heterocycles. The van der Waals surface area contributed by atoms with E-state index in [-0.39, 0.29) is 23.3 Å². The van der Waals surface area contributed by atoms with E-state index in [0.29, 0.717) is 0 Å². The quantitative estimate of drug-likeness (QED) is 0.704. The van der Waals surface area contributed by atoms with E-state index >= 15 is 0 Å². The van der Waals surface area contributed by atoms with Gasteiger partial charge in [0.2, 0.25) is 0 Å². The molecular formula is C12H17N3O2. The Balaban J connectivity index is 1.98. The Kier molecular flexibility index (Phi) is 3.93. The van der Waals surface area contributed by atoms with Crippen molar-refractivity contribution in [2.45, 2.75) is 25.3 Å². The molecule has 1 aromatic rings. The van der Waals surface area contributed by atoms with Crippen molar-refractivity contribution in [1.82, 2.24) is 15.6 Å². The summed E-state index contributed by atoms with van der Waals surface area (Å²) in [5, 5.41) is 15.7. The molecule has 5 nitrogen and oxygen atoms in total. The fourth-order valence-electron chi connectivity index (χ4n) is 1.98. The summed E-state index contributed by atoms with van der Waals surface area (Å²) in [5.74, 6) is -0.315. The molecule has 0 aromatic carbocycles. The molecule has 17 heavy (non-hydrogen) atoms. The number of carbonyl (C=O) groups excluding carboxylic acids is 1. The predicted octanol–water partition coefficient (Wildman–Crippen LogP) is 0.659. The zero-order valence-corrected chi connectivity index (χ0v) is 9.65. The van der Waals surface area contributed by atoms with Gasteiger partial charge in [-0.3, -0.25) is 9.78 Å². The first-order valence-electron chi connectivity index (χ1n) is 5.92. The molecule has 1 unspecified atom stereocenters. The number of nitrogens with zero attached hydrogens (tertiary/aromatic N) is 1. The van der Waals surface area contributed by atoms with Gasteiger partial charge in [-0.2, -0.15) is 0 Å². The molecule has 1 aliphatic rings. The molecule has 3 N–H and O–H groups in total. The van der Waals surface area contributed by atoms with E-state index in [2.05, 4.69) is 15.6 Å². The highest BCUT2D eigenvalue weighted by Crippen LogP contribution is 2.14. The van der Waals surface area contributed by atoms with Crippen LogP contribution in [0.15, 0.2) is 18.5 Å². The van der Waals surface area contributed by atoms with Gasteiger partial charge in [0.1, 0.15) is 5.75 Å². The Hall–Kier alpha value is -1.62. The highest BCUT2D eigenvalue weighted by Gasteiger charge is 2.17. The first-order valence-corrected chi connectivity index (χ1v) is 5.92. The second-order valence-corrected chi connectivity index (χ2v) is 4.26. The van der Waals surface area contributed by atoms with Crippen LogP contribution in [-0.4, -0.2) is 35.1 Å². The van der Waals surface area contributed by atoms with Crippen molar-refractivity contribution in [3.8, 4) is 5.75 Å². The topological polar surface area (TPSA) is 74.2 Å². The van der Waals surface area contributed by atoms with E-state index in [9.17, 15) is 9.90 Å². The van der Waals surface area contributed by atoms with Crippen LogP contribution in [0.4, 0.5) is 0 Å². The molecule has 1 aliphatic heterocycles. The van der Waals surface area contributed by atoms with Crippen LogP contribution in [0.2, 0.25) is 0 Å². The Morgan fingerprint density at radius 2 is 2.41 bits per heavy atom. The van der Waals surface area contributed by atoms with Crippen molar-refractivity contribution < 1.29 is 9.90 Å². The molecule has 1 atom stereocenters. The van der Waals surface area contributed by atoms with Crippen LogP contribution in [0.25, 0.3) is 0 Å². The number of pyridine rings is 1. The predicted molar refractivity (Wildman–Crippen MR) is 63.9 cm³/mol. The molecule has 5 heteroatoms. The minimum absolute atomic E-state index is 0.0772. The number of amides is 1. The summed E-state index contributed by atoms with van der Waals surface area (Å²) in [6.45, 7) is 1.80. The fraction of sp³-hybridized carbons (Fsp3) is 0.500. The Bertz CT molecular complexity index is 387. The minimum atomic E-state index is -0.237. The van der Waals surface area contributed by atoms with E-state index in [0.717, 1.165) is 32.4 Å². The van der Waals surface area contributed by atoms with Gasteiger partial charge in [0, 0.05) is 18.8 Å². The third-order valence-corrected chi connectivity index (χ3v) is 2.93. The summed E-state index contributed by atoms with van der Waals surface area (Å²) >= 11 is 0. The number of hydrogen-bond donors (Lipinski definition) is 3. The SMILES string of the molecule is O=C(NC1CCCCNC1)c1ccncc1O. The number of aromatic nitrogens is 1. The molecule has 0 bridgehead atoms. The van der Waals surface area contributed by atoms with Crippen LogP contribution in [0.5, 0.6) is 5.75 Å². The van der Waals surface area contributed by atoms with Gasteiger partial charge in [0.05, 0.1) is 11.8 Å². The Labute approximate surface area is 100 Å². The number of nitrogens with one attached hydrogen (secondary N) is 2. The van der Waals surface area contributed by atoms with Crippen LogP contribution < -0.4 is 10.6 Å². The van der Waals surface area contributed by atoms with Gasteiger partial charge >= 0.3 is 0 Å². The fourth-order valence-corrected chi connectivity index (χ4v) is 1.98. The normalized spacial score (nSPS) is 20.6. The van der Waals surface area contributed by atoms with E-state index < -0.39 is 0 Å².